The maximum atomic E-state index is 13.2. The molecule has 0 radical (unpaired) electrons. The molecule has 180 valence electrons. The molecule has 2 aromatic rings. The maximum Gasteiger partial charge on any atom is 0.295 e. The Kier molecular flexibility index (Phi) is 7.58. The number of ether oxygens (including phenoxy) is 2. The van der Waals surface area contributed by atoms with Gasteiger partial charge in [0, 0.05) is 16.6 Å². The highest BCUT2D eigenvalue weighted by Gasteiger charge is 2.46. The first-order chi connectivity index (χ1) is 16.4. The van der Waals surface area contributed by atoms with Crippen molar-refractivity contribution >= 4 is 33.4 Å². The summed E-state index contributed by atoms with van der Waals surface area (Å²) in [5.74, 6) is -0.402. The number of benzene rings is 2. The number of aliphatic hydroxyl groups excluding tert-OH is 1. The summed E-state index contributed by atoms with van der Waals surface area (Å²) in [6.45, 7) is 8.16. The number of Topliss-reactive ketones (excluding diaryl/α,β-unsaturated/α-hetero) is 1. The Labute approximate surface area is 208 Å². The summed E-state index contributed by atoms with van der Waals surface area (Å²) in [5, 5.41) is 11.3. The van der Waals surface area contributed by atoms with E-state index in [-0.39, 0.29) is 11.3 Å². The van der Waals surface area contributed by atoms with Gasteiger partial charge in [0.1, 0.15) is 19.0 Å². The minimum absolute atomic E-state index is 0.0858. The van der Waals surface area contributed by atoms with Gasteiger partial charge in [-0.1, -0.05) is 41.9 Å². The van der Waals surface area contributed by atoms with Crippen molar-refractivity contribution in [1.29, 1.82) is 0 Å². The molecule has 1 unspecified atom stereocenters. The van der Waals surface area contributed by atoms with E-state index < -0.39 is 17.7 Å². The van der Waals surface area contributed by atoms with Gasteiger partial charge in [0.25, 0.3) is 11.7 Å². The van der Waals surface area contributed by atoms with E-state index in [1.807, 2.05) is 24.3 Å². The third-order valence-electron chi connectivity index (χ3n) is 6.29. The second-order valence-corrected chi connectivity index (χ2v) is 9.20. The second kappa shape index (κ2) is 10.6. The van der Waals surface area contributed by atoms with Gasteiger partial charge < -0.3 is 24.4 Å². The van der Waals surface area contributed by atoms with Crippen LogP contribution in [-0.4, -0.2) is 66.0 Å². The largest absolute Gasteiger partial charge is 0.507 e. The molecule has 0 spiro atoms. The van der Waals surface area contributed by atoms with Crippen molar-refractivity contribution in [2.45, 2.75) is 26.3 Å². The first kappa shape index (κ1) is 24.3. The molecule has 1 N–H and O–H groups in total. The Hall–Kier alpha value is -2.84. The summed E-state index contributed by atoms with van der Waals surface area (Å²) in [6.07, 6.45) is 0.725. The lowest BCUT2D eigenvalue weighted by molar-refractivity contribution is -0.140. The monoisotopic (exact) mass is 528 g/mol. The number of carbonyl (C=O) groups excluding carboxylic acids is 2. The molecule has 0 aromatic heterocycles. The number of aliphatic hydroxyl groups is 1. The van der Waals surface area contributed by atoms with Crippen molar-refractivity contribution in [1.82, 2.24) is 9.80 Å². The van der Waals surface area contributed by atoms with E-state index in [2.05, 4.69) is 34.7 Å². The molecule has 2 heterocycles. The number of rotatable bonds is 8. The van der Waals surface area contributed by atoms with Crippen LogP contribution in [0.2, 0.25) is 0 Å². The Bertz CT molecular complexity index is 1110. The van der Waals surface area contributed by atoms with E-state index >= 15 is 0 Å². The highest BCUT2D eigenvalue weighted by atomic mass is 79.9. The molecule has 1 saturated heterocycles. The predicted molar refractivity (Wildman–Crippen MR) is 133 cm³/mol. The van der Waals surface area contributed by atoms with E-state index in [0.717, 1.165) is 36.1 Å². The molecular formula is C26H29BrN2O5. The van der Waals surface area contributed by atoms with E-state index in [0.29, 0.717) is 36.8 Å². The first-order valence-electron chi connectivity index (χ1n) is 11.6. The van der Waals surface area contributed by atoms with Crippen LogP contribution >= 0.6 is 15.9 Å². The fraction of sp³-hybridized carbons (Fsp3) is 0.385. The Balaban J connectivity index is 1.73. The zero-order valence-corrected chi connectivity index (χ0v) is 21.0. The number of likely N-dealkylation sites (tertiary alicyclic amines) is 1. The normalized spacial score (nSPS) is 19.2. The van der Waals surface area contributed by atoms with Gasteiger partial charge in [-0.05, 0) is 62.0 Å². The molecule has 0 bridgehead atoms. The third kappa shape index (κ3) is 4.83. The van der Waals surface area contributed by atoms with Gasteiger partial charge in [-0.2, -0.15) is 0 Å². The fourth-order valence-electron chi connectivity index (χ4n) is 4.48. The summed E-state index contributed by atoms with van der Waals surface area (Å²) >= 11 is 3.49. The molecule has 2 aromatic carbocycles. The minimum Gasteiger partial charge on any atom is -0.507 e. The number of hydrogen-bond acceptors (Lipinski definition) is 6. The molecular weight excluding hydrogens is 500 g/mol. The van der Waals surface area contributed by atoms with Gasteiger partial charge in [-0.25, -0.2) is 0 Å². The summed E-state index contributed by atoms with van der Waals surface area (Å²) < 4.78 is 12.0. The molecule has 34 heavy (non-hydrogen) atoms. The Morgan fingerprint density at radius 1 is 1.09 bits per heavy atom. The van der Waals surface area contributed by atoms with Crippen molar-refractivity contribution in [3.63, 3.8) is 0 Å². The molecule has 0 saturated carbocycles. The zero-order chi connectivity index (χ0) is 24.2. The van der Waals surface area contributed by atoms with Crippen LogP contribution in [0.1, 0.15) is 37.4 Å². The smallest absolute Gasteiger partial charge is 0.295 e. The molecule has 4 rings (SSSR count). The SMILES string of the molecule is CCN(CC)CCCN1C(=O)C(=O)/C(=C(\O)c2ccc3c(c2)OCCO3)C1c1cccc(Br)c1. The minimum atomic E-state index is -0.680. The molecule has 8 heteroatoms. The number of amides is 1. The fourth-order valence-corrected chi connectivity index (χ4v) is 4.90. The lowest BCUT2D eigenvalue weighted by atomic mass is 9.95. The van der Waals surface area contributed by atoms with E-state index in [9.17, 15) is 14.7 Å². The molecule has 0 aliphatic carbocycles. The van der Waals surface area contributed by atoms with Gasteiger partial charge >= 0.3 is 0 Å². The standard InChI is InChI=1S/C26H29BrN2O5/c1-3-28(4-2)11-6-12-29-23(17-7-5-8-19(27)15-17)22(25(31)26(29)32)24(30)18-9-10-20-21(16-18)34-14-13-33-20/h5,7-10,15-16,23,30H,3-4,6,11-14H2,1-2H3/b24-22-. The van der Waals surface area contributed by atoms with Crippen molar-refractivity contribution in [2.75, 3.05) is 39.4 Å². The van der Waals surface area contributed by atoms with Crippen LogP contribution in [0.15, 0.2) is 52.5 Å². The molecule has 7 nitrogen and oxygen atoms in total. The lowest BCUT2D eigenvalue weighted by Crippen LogP contribution is -2.33. The first-order valence-corrected chi connectivity index (χ1v) is 12.4. The topological polar surface area (TPSA) is 79.3 Å². The van der Waals surface area contributed by atoms with E-state index in [4.69, 9.17) is 9.47 Å². The Morgan fingerprint density at radius 3 is 2.53 bits per heavy atom. The lowest BCUT2D eigenvalue weighted by Gasteiger charge is -2.27. The number of ketones is 1. The molecule has 1 fully saturated rings. The van der Waals surface area contributed by atoms with E-state index in [1.54, 1.807) is 23.1 Å². The molecule has 1 amide bonds. The number of nitrogens with zero attached hydrogens (tertiary/aromatic N) is 2. The third-order valence-corrected chi connectivity index (χ3v) is 6.78. The highest BCUT2D eigenvalue weighted by molar-refractivity contribution is 9.10. The predicted octanol–water partition coefficient (Wildman–Crippen LogP) is 4.37. The van der Waals surface area contributed by atoms with Crippen LogP contribution in [-0.2, 0) is 9.59 Å². The van der Waals surface area contributed by atoms with Crippen molar-refractivity contribution < 1.29 is 24.2 Å². The van der Waals surface area contributed by atoms with Crippen LogP contribution in [0.25, 0.3) is 5.76 Å². The average Bonchev–Trinajstić information content (AvgIpc) is 3.11. The average molecular weight is 529 g/mol. The van der Waals surface area contributed by atoms with Gasteiger partial charge in [-0.15, -0.1) is 0 Å². The summed E-state index contributed by atoms with van der Waals surface area (Å²) in [7, 11) is 0. The van der Waals surface area contributed by atoms with Gasteiger partial charge in [0.05, 0.1) is 11.6 Å². The molecule has 1 atom stereocenters. The number of carbonyl (C=O) groups is 2. The summed E-state index contributed by atoms with van der Waals surface area (Å²) in [4.78, 5) is 30.2. The highest BCUT2D eigenvalue weighted by Crippen LogP contribution is 2.41. The van der Waals surface area contributed by atoms with E-state index in [1.165, 1.54) is 0 Å². The Morgan fingerprint density at radius 2 is 1.82 bits per heavy atom. The van der Waals surface area contributed by atoms with Crippen LogP contribution in [0, 0.1) is 0 Å². The number of halogens is 1. The van der Waals surface area contributed by atoms with Crippen LogP contribution < -0.4 is 9.47 Å². The van der Waals surface area contributed by atoms with Gasteiger partial charge in [-0.3, -0.25) is 9.59 Å². The molecule has 2 aliphatic heterocycles. The quantitative estimate of drug-likeness (QED) is 0.311. The van der Waals surface area contributed by atoms with Crippen LogP contribution in [0.3, 0.4) is 0 Å². The summed E-state index contributed by atoms with van der Waals surface area (Å²) in [6, 6.07) is 11.8. The van der Waals surface area contributed by atoms with Gasteiger partial charge in [0.2, 0.25) is 0 Å². The van der Waals surface area contributed by atoms with Crippen molar-refractivity contribution in [3.05, 3.63) is 63.6 Å². The zero-order valence-electron chi connectivity index (χ0n) is 19.4. The maximum absolute atomic E-state index is 13.2. The number of hydrogen-bond donors (Lipinski definition) is 1. The number of fused-ring (bicyclic) bond motifs is 1. The van der Waals surface area contributed by atoms with Crippen LogP contribution in [0.4, 0.5) is 0 Å². The summed E-state index contributed by atoms with van der Waals surface area (Å²) in [5.41, 5.74) is 1.25. The molecule has 2 aliphatic rings. The van der Waals surface area contributed by atoms with Crippen LogP contribution in [0.5, 0.6) is 11.5 Å². The van der Waals surface area contributed by atoms with Gasteiger partial charge in [0.15, 0.2) is 11.5 Å². The van der Waals surface area contributed by atoms with Crippen molar-refractivity contribution in [3.8, 4) is 11.5 Å². The van der Waals surface area contributed by atoms with Crippen molar-refractivity contribution in [2.24, 2.45) is 0 Å². The second-order valence-electron chi connectivity index (χ2n) is 8.29.